The van der Waals surface area contributed by atoms with Gasteiger partial charge in [0.2, 0.25) is 5.95 Å². The molecule has 11 heteroatoms. The second kappa shape index (κ2) is 6.98. The summed E-state index contributed by atoms with van der Waals surface area (Å²) in [7, 11) is 0. The molecular weight excluding hydrogens is 417 g/mol. The minimum atomic E-state index is -4.84. The monoisotopic (exact) mass is 433 g/mol. The fraction of sp³-hybridized carbons (Fsp3) is 0.444. The predicted molar refractivity (Wildman–Crippen MR) is 96.4 cm³/mol. The molecule has 1 N–H and O–H groups in total. The Balaban J connectivity index is 1.80. The molecule has 0 amide bonds. The van der Waals surface area contributed by atoms with Gasteiger partial charge in [0.15, 0.2) is 0 Å². The number of alkyl halides is 5. The summed E-state index contributed by atoms with van der Waals surface area (Å²) in [5.74, 6) is -3.39. The number of nitrogens with zero attached hydrogens (tertiary/aromatic N) is 3. The van der Waals surface area contributed by atoms with Gasteiger partial charge in [0.25, 0.3) is 5.92 Å². The van der Waals surface area contributed by atoms with Crippen LogP contribution in [0.1, 0.15) is 17.7 Å². The molecule has 2 aliphatic rings. The maximum absolute atomic E-state index is 14.4. The molecule has 1 aliphatic heterocycles. The van der Waals surface area contributed by atoms with Crippen molar-refractivity contribution in [1.82, 2.24) is 9.97 Å². The number of fused-ring (bicyclic) bond motifs is 1. The zero-order valence-electron chi connectivity index (χ0n) is 15.1. The molecule has 0 spiro atoms. The zero-order chi connectivity index (χ0) is 21.0. The average Bonchev–Trinajstić information content (AvgIpc) is 2.92. The maximum atomic E-state index is 14.4. The Kier molecular flexibility index (Phi) is 4.85. The summed E-state index contributed by atoms with van der Waals surface area (Å²) in [6.07, 6.45) is -4.15. The van der Waals surface area contributed by atoms with E-state index in [0.717, 1.165) is 17.8 Å². The highest BCUT2D eigenvalue weighted by atomic mass is 32.2. The number of thioether (sulfide) groups is 1. The van der Waals surface area contributed by atoms with Crippen LogP contribution >= 0.6 is 11.8 Å². The number of benzene rings is 1. The molecule has 5 nitrogen and oxygen atoms in total. The first-order valence-electron chi connectivity index (χ1n) is 8.74. The third-order valence-electron chi connectivity index (χ3n) is 4.84. The van der Waals surface area contributed by atoms with Gasteiger partial charge in [-0.15, -0.1) is 24.9 Å². The summed E-state index contributed by atoms with van der Waals surface area (Å²) in [5.41, 5.74) is 0.594. The molecule has 0 bridgehead atoms. The van der Waals surface area contributed by atoms with Crippen molar-refractivity contribution in [2.24, 2.45) is 0 Å². The van der Waals surface area contributed by atoms with Gasteiger partial charge in [0.05, 0.1) is 16.7 Å². The van der Waals surface area contributed by atoms with E-state index in [2.05, 4.69) is 14.7 Å². The van der Waals surface area contributed by atoms with Crippen LogP contribution in [0.3, 0.4) is 0 Å². The smallest absolute Gasteiger partial charge is 0.405 e. The molecule has 1 aliphatic carbocycles. The van der Waals surface area contributed by atoms with Crippen molar-refractivity contribution in [2.75, 3.05) is 24.2 Å². The number of β-amino-alcohol motifs (C(OH)–C–C–N with tert-alkyl or cyclic N) is 1. The van der Waals surface area contributed by atoms with Crippen LogP contribution in [0.2, 0.25) is 0 Å². The van der Waals surface area contributed by atoms with Crippen molar-refractivity contribution in [2.45, 2.75) is 36.1 Å². The fourth-order valence-corrected chi connectivity index (χ4v) is 3.99. The molecule has 0 unspecified atom stereocenters. The Labute approximate surface area is 166 Å². The summed E-state index contributed by atoms with van der Waals surface area (Å²) in [4.78, 5) is 10.2. The molecule has 0 radical (unpaired) electrons. The van der Waals surface area contributed by atoms with Crippen molar-refractivity contribution >= 4 is 17.7 Å². The minimum Gasteiger partial charge on any atom is -0.405 e. The molecule has 4 rings (SSSR count). The van der Waals surface area contributed by atoms with Gasteiger partial charge in [0, 0.05) is 30.6 Å². The number of aliphatic hydroxyl groups excluding tert-OH is 1. The molecule has 1 saturated heterocycles. The van der Waals surface area contributed by atoms with E-state index in [-0.39, 0.29) is 53.1 Å². The Bertz CT molecular complexity index is 948. The van der Waals surface area contributed by atoms with Gasteiger partial charge in [-0.05, 0) is 30.9 Å². The van der Waals surface area contributed by atoms with Crippen LogP contribution in [0.15, 0.2) is 23.1 Å². The van der Waals surface area contributed by atoms with Crippen LogP contribution < -0.4 is 9.64 Å². The number of halogens is 5. The Morgan fingerprint density at radius 3 is 2.59 bits per heavy atom. The lowest BCUT2D eigenvalue weighted by atomic mass is 10.0. The van der Waals surface area contributed by atoms with E-state index in [9.17, 15) is 27.1 Å². The van der Waals surface area contributed by atoms with Crippen LogP contribution in [-0.4, -0.2) is 46.9 Å². The number of hydrogen-bond acceptors (Lipinski definition) is 6. The summed E-state index contributed by atoms with van der Waals surface area (Å²) < 4.78 is 70.6. The second-order valence-electron chi connectivity index (χ2n) is 6.88. The SMILES string of the molecule is CSc1cc(-c2nc(N3CC(O)C3)nc3c2CCC3(F)F)ccc1OC(F)(F)F. The number of aliphatic hydroxyl groups is 1. The number of rotatable bonds is 4. The van der Waals surface area contributed by atoms with Crippen molar-refractivity contribution in [1.29, 1.82) is 0 Å². The highest BCUT2D eigenvalue weighted by Gasteiger charge is 2.44. The molecule has 2 heterocycles. The maximum Gasteiger partial charge on any atom is 0.573 e. The van der Waals surface area contributed by atoms with E-state index in [0.29, 0.717) is 5.56 Å². The molecule has 1 aromatic heterocycles. The first kappa shape index (κ1) is 20.1. The molecule has 0 atom stereocenters. The minimum absolute atomic E-state index is 0.0655. The lowest BCUT2D eigenvalue weighted by Gasteiger charge is -2.36. The van der Waals surface area contributed by atoms with Crippen molar-refractivity contribution in [3.8, 4) is 17.0 Å². The van der Waals surface area contributed by atoms with E-state index in [1.807, 2.05) is 0 Å². The molecule has 1 aromatic carbocycles. The first-order chi connectivity index (χ1) is 13.6. The summed E-state index contributed by atoms with van der Waals surface area (Å²) >= 11 is 1.04. The molecule has 156 valence electrons. The molecule has 2 aromatic rings. The van der Waals surface area contributed by atoms with Gasteiger partial charge in [-0.25, -0.2) is 9.97 Å². The summed E-state index contributed by atoms with van der Waals surface area (Å²) in [6.45, 7) is 0.469. The Hall–Kier alpha value is -2.14. The first-order valence-corrected chi connectivity index (χ1v) is 9.96. The normalized spacial score (nSPS) is 18.5. The average molecular weight is 433 g/mol. The van der Waals surface area contributed by atoms with Gasteiger partial charge in [-0.3, -0.25) is 0 Å². The molecule has 1 fully saturated rings. The third kappa shape index (κ3) is 3.85. The Morgan fingerprint density at radius 2 is 1.97 bits per heavy atom. The topological polar surface area (TPSA) is 58.5 Å². The second-order valence-corrected chi connectivity index (χ2v) is 7.72. The lowest BCUT2D eigenvalue weighted by molar-refractivity contribution is -0.275. The quantitative estimate of drug-likeness (QED) is 0.582. The van der Waals surface area contributed by atoms with Gasteiger partial charge >= 0.3 is 6.36 Å². The largest absolute Gasteiger partial charge is 0.573 e. The van der Waals surface area contributed by atoms with E-state index in [1.165, 1.54) is 12.1 Å². The number of aromatic nitrogens is 2. The summed E-state index contributed by atoms with van der Waals surface area (Å²) in [5, 5.41) is 9.50. The highest BCUT2D eigenvalue weighted by Crippen LogP contribution is 2.45. The molecule has 0 saturated carbocycles. The zero-order valence-corrected chi connectivity index (χ0v) is 15.9. The standard InChI is InChI=1S/C18H16F5N3O2S/c1-29-13-6-9(2-3-12(13)28-18(21,22)23)14-11-4-5-17(19,20)15(11)25-16(24-14)26-7-10(27)8-26/h2-3,6,10,27H,4-5,7-8H2,1H3. The van der Waals surface area contributed by atoms with E-state index < -0.39 is 24.8 Å². The predicted octanol–water partition coefficient (Wildman–Crippen LogP) is 3.98. The van der Waals surface area contributed by atoms with Crippen LogP contribution in [0.25, 0.3) is 11.3 Å². The van der Waals surface area contributed by atoms with E-state index >= 15 is 0 Å². The van der Waals surface area contributed by atoms with Gasteiger partial charge in [-0.2, -0.15) is 8.78 Å². The lowest BCUT2D eigenvalue weighted by Crippen LogP contribution is -2.51. The van der Waals surface area contributed by atoms with Crippen molar-refractivity contribution < 1.29 is 31.8 Å². The van der Waals surface area contributed by atoms with Crippen LogP contribution in [0.5, 0.6) is 5.75 Å². The van der Waals surface area contributed by atoms with Crippen LogP contribution in [-0.2, 0) is 12.3 Å². The fourth-order valence-electron chi connectivity index (χ4n) is 3.43. The molecule has 29 heavy (non-hydrogen) atoms. The van der Waals surface area contributed by atoms with Gasteiger partial charge < -0.3 is 14.7 Å². The number of anilines is 1. The van der Waals surface area contributed by atoms with Crippen molar-refractivity contribution in [3.63, 3.8) is 0 Å². The van der Waals surface area contributed by atoms with E-state index in [1.54, 1.807) is 11.2 Å². The van der Waals surface area contributed by atoms with Crippen molar-refractivity contribution in [3.05, 3.63) is 29.5 Å². The van der Waals surface area contributed by atoms with Crippen LogP contribution in [0, 0.1) is 0 Å². The molecular formula is C18H16F5N3O2S. The Morgan fingerprint density at radius 1 is 1.24 bits per heavy atom. The van der Waals surface area contributed by atoms with Gasteiger partial charge in [0.1, 0.15) is 11.4 Å². The van der Waals surface area contributed by atoms with Gasteiger partial charge in [-0.1, -0.05) is 0 Å². The van der Waals surface area contributed by atoms with E-state index in [4.69, 9.17) is 0 Å². The van der Waals surface area contributed by atoms with Crippen LogP contribution in [0.4, 0.5) is 27.9 Å². The summed E-state index contributed by atoms with van der Waals surface area (Å²) in [6, 6.07) is 3.97. The highest BCUT2D eigenvalue weighted by molar-refractivity contribution is 7.98. The number of hydrogen-bond donors (Lipinski definition) is 1. The third-order valence-corrected chi connectivity index (χ3v) is 5.60. The number of ether oxygens (including phenoxy) is 1.